The summed E-state index contributed by atoms with van der Waals surface area (Å²) in [6.07, 6.45) is 2.26. The molecule has 0 unspecified atom stereocenters. The van der Waals surface area contributed by atoms with Gasteiger partial charge in [-0.05, 0) is 30.7 Å². The van der Waals surface area contributed by atoms with Gasteiger partial charge >= 0.3 is 0 Å². The highest BCUT2D eigenvalue weighted by molar-refractivity contribution is 8.93. The van der Waals surface area contributed by atoms with Gasteiger partial charge in [0.05, 0.1) is 0 Å². The third-order valence-electron chi connectivity index (χ3n) is 4.82. The van der Waals surface area contributed by atoms with Crippen LogP contribution in [0.5, 0.6) is 0 Å². The third kappa shape index (κ3) is 3.08. The maximum absolute atomic E-state index is 2.56. The molecule has 0 radical (unpaired) electrons. The van der Waals surface area contributed by atoms with Crippen molar-refractivity contribution in [1.82, 2.24) is 9.47 Å². The molecule has 3 aromatic rings. The van der Waals surface area contributed by atoms with Crippen molar-refractivity contribution in [2.24, 2.45) is 0 Å². The molecular formula is C20H23BrN2. The molecule has 0 aliphatic carbocycles. The predicted molar refractivity (Wildman–Crippen MR) is 102 cm³/mol. The fourth-order valence-electron chi connectivity index (χ4n) is 3.68. The van der Waals surface area contributed by atoms with Crippen LogP contribution in [0.15, 0.2) is 54.6 Å². The van der Waals surface area contributed by atoms with E-state index in [9.17, 15) is 0 Å². The Labute approximate surface area is 148 Å². The van der Waals surface area contributed by atoms with Gasteiger partial charge in [-0.25, -0.2) is 0 Å². The smallest absolute Gasteiger partial charge is 0.0486 e. The van der Waals surface area contributed by atoms with E-state index in [2.05, 4.69) is 71.1 Å². The number of halogens is 1. The third-order valence-corrected chi connectivity index (χ3v) is 4.82. The molecule has 0 spiro atoms. The summed E-state index contributed by atoms with van der Waals surface area (Å²) in [7, 11) is 2.22. The zero-order chi connectivity index (χ0) is 14.9. The van der Waals surface area contributed by atoms with E-state index in [1.807, 2.05) is 0 Å². The van der Waals surface area contributed by atoms with E-state index in [0.29, 0.717) is 0 Å². The number of para-hydroxylation sites is 1. The summed E-state index contributed by atoms with van der Waals surface area (Å²) in [4.78, 5) is 2.43. The molecule has 120 valence electrons. The van der Waals surface area contributed by atoms with Gasteiger partial charge in [0.15, 0.2) is 0 Å². The predicted octanol–water partition coefficient (Wildman–Crippen LogP) is 4.45. The van der Waals surface area contributed by atoms with Crippen molar-refractivity contribution < 1.29 is 0 Å². The normalized spacial score (nSPS) is 14.5. The molecule has 0 saturated carbocycles. The zero-order valence-electron chi connectivity index (χ0n) is 13.5. The number of hydrogen-bond donors (Lipinski definition) is 0. The Kier molecular flexibility index (Phi) is 4.88. The molecule has 0 N–H and O–H groups in total. The van der Waals surface area contributed by atoms with Crippen LogP contribution in [0.4, 0.5) is 0 Å². The summed E-state index contributed by atoms with van der Waals surface area (Å²) in [5.41, 5.74) is 5.91. The van der Waals surface area contributed by atoms with Crippen LogP contribution in [0.25, 0.3) is 10.9 Å². The van der Waals surface area contributed by atoms with Crippen LogP contribution < -0.4 is 0 Å². The molecule has 2 heterocycles. The van der Waals surface area contributed by atoms with Crippen molar-refractivity contribution in [3.63, 3.8) is 0 Å². The fraction of sp³-hybridized carbons (Fsp3) is 0.300. The number of hydrogen-bond acceptors (Lipinski definition) is 1. The molecule has 3 heteroatoms. The minimum Gasteiger partial charge on any atom is -0.344 e. The van der Waals surface area contributed by atoms with E-state index in [0.717, 1.165) is 32.5 Å². The quantitative estimate of drug-likeness (QED) is 0.661. The van der Waals surface area contributed by atoms with Gasteiger partial charge in [-0.2, -0.15) is 0 Å². The molecule has 1 aliphatic rings. The summed E-state index contributed by atoms with van der Waals surface area (Å²) >= 11 is 0. The Morgan fingerprint density at radius 3 is 2.52 bits per heavy atom. The summed E-state index contributed by atoms with van der Waals surface area (Å²) < 4.78 is 2.56. The molecule has 23 heavy (non-hydrogen) atoms. The topological polar surface area (TPSA) is 8.17 Å². The Balaban J connectivity index is 0.00000156. The lowest BCUT2D eigenvalue weighted by atomic mass is 10.1. The maximum Gasteiger partial charge on any atom is 0.0486 e. The second-order valence-electron chi connectivity index (χ2n) is 6.32. The molecule has 2 aromatic carbocycles. The van der Waals surface area contributed by atoms with E-state index >= 15 is 0 Å². The fourth-order valence-corrected chi connectivity index (χ4v) is 3.68. The first-order valence-corrected chi connectivity index (χ1v) is 8.14. The molecule has 0 fully saturated rings. The van der Waals surface area contributed by atoms with Crippen molar-refractivity contribution in [2.75, 3.05) is 13.6 Å². The lowest BCUT2D eigenvalue weighted by molar-refractivity contribution is 0.309. The number of likely N-dealkylation sites (N-methyl/N-ethyl adjacent to an activating group) is 1. The molecule has 0 atom stereocenters. The van der Waals surface area contributed by atoms with Gasteiger partial charge in [-0.15, -0.1) is 17.0 Å². The van der Waals surface area contributed by atoms with E-state index in [1.54, 1.807) is 5.69 Å². The lowest BCUT2D eigenvalue weighted by Gasteiger charge is -2.24. The minimum atomic E-state index is 0. The highest BCUT2D eigenvalue weighted by Crippen LogP contribution is 2.30. The van der Waals surface area contributed by atoms with Gasteiger partial charge in [0.1, 0.15) is 0 Å². The summed E-state index contributed by atoms with van der Waals surface area (Å²) in [5.74, 6) is 0. The second kappa shape index (κ2) is 6.90. The van der Waals surface area contributed by atoms with Gasteiger partial charge in [0.2, 0.25) is 0 Å². The van der Waals surface area contributed by atoms with Gasteiger partial charge in [0.25, 0.3) is 0 Å². The van der Waals surface area contributed by atoms with Crippen LogP contribution >= 0.6 is 17.0 Å². The minimum absolute atomic E-state index is 0. The highest BCUT2D eigenvalue weighted by atomic mass is 79.9. The highest BCUT2D eigenvalue weighted by Gasteiger charge is 2.21. The van der Waals surface area contributed by atoms with Crippen LogP contribution in [-0.4, -0.2) is 23.1 Å². The molecule has 4 rings (SSSR count). The van der Waals surface area contributed by atoms with E-state index < -0.39 is 0 Å². The van der Waals surface area contributed by atoms with Crippen LogP contribution in [0.1, 0.15) is 16.8 Å². The number of benzene rings is 2. The van der Waals surface area contributed by atoms with Gasteiger partial charge in [-0.1, -0.05) is 48.5 Å². The Morgan fingerprint density at radius 2 is 1.70 bits per heavy atom. The summed E-state index contributed by atoms with van der Waals surface area (Å²) in [6, 6.07) is 19.7. The van der Waals surface area contributed by atoms with E-state index in [1.165, 1.54) is 22.0 Å². The van der Waals surface area contributed by atoms with Crippen LogP contribution in [-0.2, 0) is 25.9 Å². The number of rotatable bonds is 3. The largest absolute Gasteiger partial charge is 0.344 e. The van der Waals surface area contributed by atoms with E-state index in [4.69, 9.17) is 0 Å². The Morgan fingerprint density at radius 1 is 0.957 bits per heavy atom. The van der Waals surface area contributed by atoms with Crippen molar-refractivity contribution >= 4 is 27.9 Å². The molecule has 1 aromatic heterocycles. The Hall–Kier alpha value is -1.58. The number of fused-ring (bicyclic) bond motifs is 3. The lowest BCUT2D eigenvalue weighted by Crippen LogP contribution is -2.27. The molecule has 0 bridgehead atoms. The molecule has 1 aliphatic heterocycles. The average Bonchev–Trinajstić information content (AvgIpc) is 2.87. The number of nitrogens with zero attached hydrogens (tertiary/aromatic N) is 2. The Bertz CT molecular complexity index is 792. The van der Waals surface area contributed by atoms with Crippen molar-refractivity contribution in [3.8, 4) is 0 Å². The number of aromatic nitrogens is 1. The molecule has 0 amide bonds. The van der Waals surface area contributed by atoms with Gasteiger partial charge < -0.3 is 9.47 Å². The number of aryl methyl sites for hydroxylation is 2. The zero-order valence-corrected chi connectivity index (χ0v) is 15.2. The average molecular weight is 371 g/mol. The first-order valence-electron chi connectivity index (χ1n) is 8.14. The summed E-state index contributed by atoms with van der Waals surface area (Å²) in [5, 5.41) is 1.44. The monoisotopic (exact) mass is 370 g/mol. The van der Waals surface area contributed by atoms with E-state index in [-0.39, 0.29) is 17.0 Å². The van der Waals surface area contributed by atoms with Gasteiger partial charge in [0, 0.05) is 42.7 Å². The van der Waals surface area contributed by atoms with Crippen LogP contribution in [0.3, 0.4) is 0 Å². The second-order valence-corrected chi connectivity index (χ2v) is 6.32. The first kappa shape index (κ1) is 16.3. The summed E-state index contributed by atoms with van der Waals surface area (Å²) in [6.45, 7) is 3.31. The maximum atomic E-state index is 2.56. The first-order chi connectivity index (χ1) is 10.8. The molecule has 0 saturated heterocycles. The van der Waals surface area contributed by atoms with Gasteiger partial charge in [-0.3, -0.25) is 0 Å². The SMILES string of the molecule is Br.CN1CCc2c(c3ccccc3n2CCc2ccccc2)C1. The van der Waals surface area contributed by atoms with Crippen molar-refractivity contribution in [3.05, 3.63) is 71.4 Å². The standard InChI is InChI=1S/C20H22N2.BrH/c1-21-13-12-20-18(15-21)17-9-5-6-10-19(17)22(20)14-11-16-7-3-2-4-8-16;/h2-10H,11-15H2,1H3;1H. The molecule has 2 nitrogen and oxygen atoms in total. The van der Waals surface area contributed by atoms with Crippen LogP contribution in [0, 0.1) is 0 Å². The molecular weight excluding hydrogens is 348 g/mol. The van der Waals surface area contributed by atoms with Crippen LogP contribution in [0.2, 0.25) is 0 Å². The van der Waals surface area contributed by atoms with Crippen molar-refractivity contribution in [2.45, 2.75) is 25.9 Å². The van der Waals surface area contributed by atoms with Crippen molar-refractivity contribution in [1.29, 1.82) is 0 Å².